The molecule has 0 saturated carbocycles. The Kier molecular flexibility index (Phi) is 7.89. The second-order valence-corrected chi connectivity index (χ2v) is 7.94. The molecular weight excluding hydrogens is 352 g/mol. The second-order valence-electron chi connectivity index (χ2n) is 7.94. The highest BCUT2D eigenvalue weighted by Crippen LogP contribution is 2.30. The molecule has 0 radical (unpaired) electrons. The Balaban J connectivity index is 0.00000243. The lowest BCUT2D eigenvalue weighted by Gasteiger charge is -2.40. The van der Waals surface area contributed by atoms with Gasteiger partial charge in [-0.25, -0.2) is 0 Å². The van der Waals surface area contributed by atoms with E-state index >= 15 is 0 Å². The van der Waals surface area contributed by atoms with E-state index in [9.17, 15) is 4.79 Å². The van der Waals surface area contributed by atoms with E-state index in [4.69, 9.17) is 4.52 Å². The van der Waals surface area contributed by atoms with Crippen molar-refractivity contribution in [2.75, 3.05) is 19.6 Å². The summed E-state index contributed by atoms with van der Waals surface area (Å²) in [5.74, 6) is 2.70. The summed E-state index contributed by atoms with van der Waals surface area (Å²) < 4.78 is 5.38. The monoisotopic (exact) mass is 384 g/mol. The lowest BCUT2D eigenvalue weighted by atomic mass is 9.86. The van der Waals surface area contributed by atoms with Gasteiger partial charge in [-0.15, -0.1) is 12.4 Å². The molecule has 148 valence electrons. The van der Waals surface area contributed by atoms with Crippen molar-refractivity contribution in [2.24, 2.45) is 5.92 Å². The SMILES string of the molecule is CC(=O)N1CCCCCC1C1CCN(Cc2nc(C(C)C)no2)CC1.Cl. The van der Waals surface area contributed by atoms with Crippen molar-refractivity contribution < 1.29 is 9.32 Å². The number of aromatic nitrogens is 2. The second kappa shape index (κ2) is 9.70. The normalized spacial score (nSPS) is 22.9. The molecule has 0 N–H and O–H groups in total. The molecule has 1 atom stereocenters. The van der Waals surface area contributed by atoms with Gasteiger partial charge in [-0.2, -0.15) is 4.98 Å². The maximum Gasteiger partial charge on any atom is 0.240 e. The van der Waals surface area contributed by atoms with Crippen molar-refractivity contribution in [3.8, 4) is 0 Å². The maximum absolute atomic E-state index is 12.1. The van der Waals surface area contributed by atoms with Gasteiger partial charge < -0.3 is 9.42 Å². The predicted octanol–water partition coefficient (Wildman–Crippen LogP) is 3.62. The average Bonchev–Trinajstić information content (AvgIpc) is 2.91. The van der Waals surface area contributed by atoms with Crippen LogP contribution in [0, 0.1) is 5.92 Å². The van der Waals surface area contributed by atoms with Crippen LogP contribution >= 0.6 is 12.4 Å². The van der Waals surface area contributed by atoms with E-state index in [1.165, 1.54) is 19.3 Å². The van der Waals surface area contributed by atoms with Crippen LogP contribution in [0.15, 0.2) is 4.52 Å². The number of hydrogen-bond donors (Lipinski definition) is 0. The first-order valence-corrected chi connectivity index (χ1v) is 9.86. The van der Waals surface area contributed by atoms with Crippen LogP contribution in [0.3, 0.4) is 0 Å². The van der Waals surface area contributed by atoms with Crippen molar-refractivity contribution in [2.45, 2.75) is 77.8 Å². The van der Waals surface area contributed by atoms with Gasteiger partial charge in [0.15, 0.2) is 5.82 Å². The van der Waals surface area contributed by atoms with Crippen LogP contribution in [0.1, 0.15) is 76.9 Å². The predicted molar refractivity (Wildman–Crippen MR) is 103 cm³/mol. The lowest BCUT2D eigenvalue weighted by molar-refractivity contribution is -0.132. The molecule has 0 spiro atoms. The number of likely N-dealkylation sites (tertiary alicyclic amines) is 2. The van der Waals surface area contributed by atoms with E-state index in [1.807, 2.05) is 0 Å². The highest BCUT2D eigenvalue weighted by molar-refractivity contribution is 5.85. The molecule has 1 aromatic rings. The van der Waals surface area contributed by atoms with Gasteiger partial charge in [0.2, 0.25) is 11.8 Å². The summed E-state index contributed by atoms with van der Waals surface area (Å²) in [7, 11) is 0. The summed E-state index contributed by atoms with van der Waals surface area (Å²) in [6, 6.07) is 0.443. The highest BCUT2D eigenvalue weighted by atomic mass is 35.5. The third-order valence-corrected chi connectivity index (χ3v) is 5.74. The van der Waals surface area contributed by atoms with E-state index in [1.54, 1.807) is 6.92 Å². The van der Waals surface area contributed by atoms with E-state index in [0.717, 1.165) is 57.2 Å². The number of carbonyl (C=O) groups excluding carboxylic acids is 1. The molecular formula is C19H33ClN4O2. The first-order chi connectivity index (χ1) is 12.0. The van der Waals surface area contributed by atoms with Crippen LogP contribution in [-0.4, -0.2) is 51.5 Å². The number of nitrogens with zero attached hydrogens (tertiary/aromatic N) is 4. The Morgan fingerprint density at radius 3 is 2.50 bits per heavy atom. The van der Waals surface area contributed by atoms with Gasteiger partial charge >= 0.3 is 0 Å². The number of carbonyl (C=O) groups is 1. The largest absolute Gasteiger partial charge is 0.340 e. The molecule has 0 aromatic carbocycles. The number of hydrogen-bond acceptors (Lipinski definition) is 5. The summed E-state index contributed by atoms with van der Waals surface area (Å²) in [5.41, 5.74) is 0. The fourth-order valence-electron chi connectivity index (χ4n) is 4.27. The Hall–Kier alpha value is -1.14. The quantitative estimate of drug-likeness (QED) is 0.793. The van der Waals surface area contributed by atoms with E-state index in [-0.39, 0.29) is 18.3 Å². The third kappa shape index (κ3) is 5.19. The molecule has 2 aliphatic rings. The third-order valence-electron chi connectivity index (χ3n) is 5.74. The van der Waals surface area contributed by atoms with Gasteiger partial charge in [0.1, 0.15) is 0 Å². The zero-order valence-electron chi connectivity index (χ0n) is 16.3. The lowest BCUT2D eigenvalue weighted by Crippen LogP contribution is -2.47. The summed E-state index contributed by atoms with van der Waals surface area (Å²) in [6.45, 7) is 9.67. The molecule has 3 heterocycles. The maximum atomic E-state index is 12.1. The molecule has 3 rings (SSSR count). The zero-order valence-corrected chi connectivity index (χ0v) is 17.1. The summed E-state index contributed by atoms with van der Waals surface area (Å²) >= 11 is 0. The first kappa shape index (κ1) is 21.2. The number of amides is 1. The summed E-state index contributed by atoms with van der Waals surface area (Å²) in [4.78, 5) is 21.1. The van der Waals surface area contributed by atoms with Gasteiger partial charge in [-0.05, 0) is 44.7 Å². The van der Waals surface area contributed by atoms with Crippen LogP contribution in [0.2, 0.25) is 0 Å². The smallest absolute Gasteiger partial charge is 0.240 e. The highest BCUT2D eigenvalue weighted by Gasteiger charge is 2.33. The van der Waals surface area contributed by atoms with Crippen LogP contribution in [0.25, 0.3) is 0 Å². The molecule has 0 bridgehead atoms. The molecule has 6 nitrogen and oxygen atoms in total. The van der Waals surface area contributed by atoms with Crippen molar-refractivity contribution in [3.63, 3.8) is 0 Å². The number of rotatable bonds is 4. The van der Waals surface area contributed by atoms with Crippen molar-refractivity contribution in [1.82, 2.24) is 19.9 Å². The first-order valence-electron chi connectivity index (χ1n) is 9.86. The average molecular weight is 385 g/mol. The number of halogens is 1. The van der Waals surface area contributed by atoms with Crippen molar-refractivity contribution >= 4 is 18.3 Å². The number of piperidine rings is 1. The van der Waals surface area contributed by atoms with Gasteiger partial charge in [-0.3, -0.25) is 9.69 Å². The van der Waals surface area contributed by atoms with E-state index in [2.05, 4.69) is 33.8 Å². The Morgan fingerprint density at radius 2 is 1.88 bits per heavy atom. The standard InChI is InChI=1S/C19H32N4O2.ClH/c1-14(2)19-20-18(25-21-19)13-22-11-8-16(9-12-22)17-7-5-4-6-10-23(17)15(3)24;/h14,16-17H,4-13H2,1-3H3;1H. The van der Waals surface area contributed by atoms with Crippen LogP contribution < -0.4 is 0 Å². The molecule has 0 aliphatic carbocycles. The molecule has 2 aliphatic heterocycles. The molecule has 1 amide bonds. The molecule has 2 fully saturated rings. The molecule has 26 heavy (non-hydrogen) atoms. The van der Waals surface area contributed by atoms with E-state index < -0.39 is 0 Å². The minimum Gasteiger partial charge on any atom is -0.340 e. The zero-order chi connectivity index (χ0) is 17.8. The van der Waals surface area contributed by atoms with Crippen LogP contribution in [0.5, 0.6) is 0 Å². The van der Waals surface area contributed by atoms with Gasteiger partial charge in [0, 0.05) is 25.4 Å². The van der Waals surface area contributed by atoms with Crippen LogP contribution in [-0.2, 0) is 11.3 Å². The van der Waals surface area contributed by atoms with Gasteiger partial charge in [-0.1, -0.05) is 31.8 Å². The Morgan fingerprint density at radius 1 is 1.15 bits per heavy atom. The fourth-order valence-corrected chi connectivity index (χ4v) is 4.27. The Labute approximate surface area is 163 Å². The van der Waals surface area contributed by atoms with Crippen LogP contribution in [0.4, 0.5) is 0 Å². The summed E-state index contributed by atoms with van der Waals surface area (Å²) in [6.07, 6.45) is 7.15. The topological polar surface area (TPSA) is 62.5 Å². The summed E-state index contributed by atoms with van der Waals surface area (Å²) in [5, 5.41) is 4.05. The Bertz CT molecular complexity index is 570. The van der Waals surface area contributed by atoms with Crippen molar-refractivity contribution in [3.05, 3.63) is 11.7 Å². The van der Waals surface area contributed by atoms with Gasteiger partial charge in [0.05, 0.1) is 6.54 Å². The van der Waals surface area contributed by atoms with Crippen molar-refractivity contribution in [1.29, 1.82) is 0 Å². The minimum absolute atomic E-state index is 0. The molecule has 2 saturated heterocycles. The fraction of sp³-hybridized carbons (Fsp3) is 0.842. The van der Waals surface area contributed by atoms with Gasteiger partial charge in [0.25, 0.3) is 0 Å². The molecule has 7 heteroatoms. The minimum atomic E-state index is 0. The molecule has 1 unspecified atom stereocenters. The molecule has 1 aromatic heterocycles. The van der Waals surface area contributed by atoms with E-state index in [0.29, 0.717) is 17.9 Å².